The molecule has 0 aromatic heterocycles. The molecular weight excluding hydrogens is 406 g/mol. The summed E-state index contributed by atoms with van der Waals surface area (Å²) in [5.41, 5.74) is -0.336. The van der Waals surface area contributed by atoms with Crippen molar-refractivity contribution in [3.05, 3.63) is 69.2 Å². The van der Waals surface area contributed by atoms with Gasteiger partial charge in [0.2, 0.25) is 0 Å². The van der Waals surface area contributed by atoms with Gasteiger partial charge in [0.05, 0.1) is 23.3 Å². The number of amides is 1. The molecule has 0 radical (unpaired) electrons. The van der Waals surface area contributed by atoms with E-state index in [1.165, 1.54) is 30.3 Å². The van der Waals surface area contributed by atoms with Crippen molar-refractivity contribution in [2.45, 2.75) is 18.6 Å². The van der Waals surface area contributed by atoms with Crippen LogP contribution in [0.2, 0.25) is 10.0 Å². The molecule has 0 fully saturated rings. The van der Waals surface area contributed by atoms with E-state index < -0.39 is 29.7 Å². The summed E-state index contributed by atoms with van der Waals surface area (Å²) in [6, 6.07) is 7.43. The molecule has 0 aliphatic carbocycles. The fraction of sp³-hybridized carbons (Fsp3) is 0.222. The Hall–Kier alpha value is -2.25. The molecule has 9 heteroatoms. The number of ether oxygens (including phenoxy) is 1. The highest BCUT2D eigenvalue weighted by atomic mass is 35.5. The number of esters is 1. The van der Waals surface area contributed by atoms with Gasteiger partial charge in [0.15, 0.2) is 0 Å². The third kappa shape index (κ3) is 5.61. The van der Waals surface area contributed by atoms with Crippen LogP contribution in [-0.4, -0.2) is 25.0 Å². The number of benzene rings is 2. The largest absolute Gasteiger partial charge is 0.467 e. The van der Waals surface area contributed by atoms with Crippen LogP contribution < -0.4 is 5.32 Å². The van der Waals surface area contributed by atoms with Crippen LogP contribution in [0.5, 0.6) is 0 Å². The second kappa shape index (κ2) is 8.63. The first-order valence-corrected chi connectivity index (χ1v) is 8.37. The Kier molecular flexibility index (Phi) is 6.73. The normalized spacial score (nSPS) is 12.4. The summed E-state index contributed by atoms with van der Waals surface area (Å²) in [7, 11) is 1.14. The number of alkyl halides is 3. The van der Waals surface area contributed by atoms with Crippen molar-refractivity contribution >= 4 is 35.1 Å². The Morgan fingerprint density at radius 3 is 2.30 bits per heavy atom. The number of carbonyl (C=O) groups excluding carboxylic acids is 2. The minimum Gasteiger partial charge on any atom is -0.467 e. The second-order valence-electron chi connectivity index (χ2n) is 5.57. The standard InChI is InChI=1S/C18H14Cl2F3NO3/c1-27-17(26)15(8-10-2-4-11(5-3-10)18(21,22)23)24-16(25)13-9-12(19)6-7-14(13)20/h2-7,9,15H,8H2,1H3,(H,24,25). The maximum atomic E-state index is 12.6. The maximum Gasteiger partial charge on any atom is 0.416 e. The van der Waals surface area contributed by atoms with E-state index >= 15 is 0 Å². The van der Waals surface area contributed by atoms with Gasteiger partial charge in [-0.15, -0.1) is 0 Å². The topological polar surface area (TPSA) is 55.4 Å². The van der Waals surface area contributed by atoms with Crippen LogP contribution >= 0.6 is 23.2 Å². The summed E-state index contributed by atoms with van der Waals surface area (Å²) < 4.78 is 42.6. The number of nitrogens with one attached hydrogen (secondary N) is 1. The molecule has 0 heterocycles. The van der Waals surface area contributed by atoms with E-state index in [4.69, 9.17) is 23.2 Å². The fourth-order valence-corrected chi connectivity index (χ4v) is 2.68. The molecule has 1 amide bonds. The minimum absolute atomic E-state index is 0.0606. The fourth-order valence-electron chi connectivity index (χ4n) is 2.31. The number of carbonyl (C=O) groups is 2. The average molecular weight is 420 g/mol. The van der Waals surface area contributed by atoms with Gasteiger partial charge in [0, 0.05) is 11.4 Å². The molecule has 1 unspecified atom stereocenters. The van der Waals surface area contributed by atoms with Crippen LogP contribution in [0.15, 0.2) is 42.5 Å². The van der Waals surface area contributed by atoms with E-state index in [9.17, 15) is 22.8 Å². The molecule has 2 rings (SSSR count). The Labute approximate surface area is 163 Å². The van der Waals surface area contributed by atoms with Gasteiger partial charge in [-0.25, -0.2) is 4.79 Å². The zero-order chi connectivity index (χ0) is 20.2. The zero-order valence-corrected chi connectivity index (χ0v) is 15.5. The SMILES string of the molecule is COC(=O)C(Cc1ccc(C(F)(F)F)cc1)NC(=O)c1cc(Cl)ccc1Cl. The summed E-state index contributed by atoms with van der Waals surface area (Å²) in [6.07, 6.45) is -4.52. The van der Waals surface area contributed by atoms with Gasteiger partial charge in [0.1, 0.15) is 6.04 Å². The van der Waals surface area contributed by atoms with E-state index in [1.807, 2.05) is 0 Å². The third-order valence-electron chi connectivity index (χ3n) is 3.69. The molecule has 0 saturated carbocycles. The summed E-state index contributed by atoms with van der Waals surface area (Å²) in [5, 5.41) is 2.88. The lowest BCUT2D eigenvalue weighted by atomic mass is 10.0. The molecule has 4 nitrogen and oxygen atoms in total. The highest BCUT2D eigenvalue weighted by molar-refractivity contribution is 6.35. The summed E-state index contributed by atoms with van der Waals surface area (Å²) >= 11 is 11.8. The highest BCUT2D eigenvalue weighted by Crippen LogP contribution is 2.29. The van der Waals surface area contributed by atoms with Gasteiger partial charge >= 0.3 is 12.1 Å². The lowest BCUT2D eigenvalue weighted by molar-refractivity contribution is -0.143. The van der Waals surface area contributed by atoms with E-state index in [1.54, 1.807) is 0 Å². The van der Waals surface area contributed by atoms with Crippen LogP contribution in [0.4, 0.5) is 13.2 Å². The molecule has 1 N–H and O–H groups in total. The number of hydrogen-bond donors (Lipinski definition) is 1. The smallest absolute Gasteiger partial charge is 0.416 e. The van der Waals surface area contributed by atoms with E-state index in [2.05, 4.69) is 10.1 Å². The Balaban J connectivity index is 2.19. The number of halogens is 5. The molecule has 2 aromatic rings. The van der Waals surface area contributed by atoms with Crippen LogP contribution in [0.3, 0.4) is 0 Å². The molecule has 2 aromatic carbocycles. The highest BCUT2D eigenvalue weighted by Gasteiger charge is 2.30. The van der Waals surface area contributed by atoms with Crippen molar-refractivity contribution in [1.82, 2.24) is 5.32 Å². The maximum absolute atomic E-state index is 12.6. The lowest BCUT2D eigenvalue weighted by Crippen LogP contribution is -2.43. The Bertz CT molecular complexity index is 839. The van der Waals surface area contributed by atoms with Crippen molar-refractivity contribution in [3.63, 3.8) is 0 Å². The van der Waals surface area contributed by atoms with Crippen LogP contribution in [-0.2, 0) is 22.1 Å². The molecular formula is C18H14Cl2F3NO3. The Morgan fingerprint density at radius 2 is 1.74 bits per heavy atom. The van der Waals surface area contributed by atoms with Gasteiger partial charge in [0.25, 0.3) is 5.91 Å². The van der Waals surface area contributed by atoms with Gasteiger partial charge in [-0.05, 0) is 35.9 Å². The van der Waals surface area contributed by atoms with Crippen molar-refractivity contribution in [2.24, 2.45) is 0 Å². The molecule has 27 heavy (non-hydrogen) atoms. The van der Waals surface area contributed by atoms with Gasteiger partial charge in [-0.2, -0.15) is 13.2 Å². The van der Waals surface area contributed by atoms with E-state index in [0.717, 1.165) is 19.2 Å². The van der Waals surface area contributed by atoms with Crippen LogP contribution in [0.25, 0.3) is 0 Å². The third-order valence-corrected chi connectivity index (χ3v) is 4.25. The predicted molar refractivity (Wildman–Crippen MR) is 94.9 cm³/mol. The summed E-state index contributed by atoms with van der Waals surface area (Å²) in [6.45, 7) is 0. The number of rotatable bonds is 5. The van der Waals surface area contributed by atoms with Crippen molar-refractivity contribution < 1.29 is 27.5 Å². The second-order valence-corrected chi connectivity index (χ2v) is 6.42. The van der Waals surface area contributed by atoms with E-state index in [0.29, 0.717) is 5.56 Å². The monoisotopic (exact) mass is 419 g/mol. The van der Waals surface area contributed by atoms with Crippen molar-refractivity contribution in [1.29, 1.82) is 0 Å². The summed E-state index contributed by atoms with van der Waals surface area (Å²) in [4.78, 5) is 24.4. The van der Waals surface area contributed by atoms with Gasteiger partial charge in [-0.3, -0.25) is 4.79 Å². The molecule has 144 valence electrons. The quantitative estimate of drug-likeness (QED) is 0.724. The van der Waals surface area contributed by atoms with Crippen LogP contribution in [0, 0.1) is 0 Å². The molecule has 0 spiro atoms. The average Bonchev–Trinajstić information content (AvgIpc) is 2.62. The zero-order valence-electron chi connectivity index (χ0n) is 13.9. The molecule has 0 saturated heterocycles. The van der Waals surface area contributed by atoms with Crippen LogP contribution in [0.1, 0.15) is 21.5 Å². The summed E-state index contributed by atoms with van der Waals surface area (Å²) in [5.74, 6) is -1.41. The molecule has 0 bridgehead atoms. The van der Waals surface area contributed by atoms with Crippen molar-refractivity contribution in [2.75, 3.05) is 7.11 Å². The molecule has 0 aliphatic rings. The van der Waals surface area contributed by atoms with Gasteiger partial charge < -0.3 is 10.1 Å². The molecule has 1 atom stereocenters. The predicted octanol–water partition coefficient (Wildman–Crippen LogP) is 4.53. The first-order valence-electron chi connectivity index (χ1n) is 7.61. The van der Waals surface area contributed by atoms with E-state index in [-0.39, 0.29) is 22.0 Å². The van der Waals surface area contributed by atoms with Crippen molar-refractivity contribution in [3.8, 4) is 0 Å². The first-order chi connectivity index (χ1) is 12.6. The molecule has 0 aliphatic heterocycles. The minimum atomic E-state index is -4.46. The Morgan fingerprint density at radius 1 is 1.11 bits per heavy atom. The number of methoxy groups -OCH3 is 1. The lowest BCUT2D eigenvalue weighted by Gasteiger charge is -2.17. The first kappa shape index (κ1) is 21.1. The number of hydrogen-bond acceptors (Lipinski definition) is 3. The van der Waals surface area contributed by atoms with Gasteiger partial charge in [-0.1, -0.05) is 35.3 Å².